The second-order valence-corrected chi connectivity index (χ2v) is 7.53. The van der Waals surface area contributed by atoms with E-state index in [2.05, 4.69) is 16.8 Å². The molecule has 0 N–H and O–H groups in total. The minimum absolute atomic E-state index is 0.420. The van der Waals surface area contributed by atoms with E-state index >= 15 is 0 Å². The number of hydrogen-bond donors (Lipinski definition) is 0. The van der Waals surface area contributed by atoms with Crippen molar-refractivity contribution in [3.05, 3.63) is 0 Å². The molecule has 0 spiro atoms. The molecule has 0 saturated heterocycles. The normalized spacial score (nSPS) is 25.2. The highest BCUT2D eigenvalue weighted by Gasteiger charge is 2.34. The molecular weight excluding hydrogens is 260 g/mol. The number of nitrogens with zero attached hydrogens (tertiary/aromatic N) is 2. The van der Waals surface area contributed by atoms with E-state index in [1.54, 1.807) is 0 Å². The zero-order valence-electron chi connectivity index (χ0n) is 13.7. The smallest absolute Gasteiger partial charge is 0.237 e. The Bertz CT molecular complexity index is 323. The number of rotatable bonds is 5. The summed E-state index contributed by atoms with van der Waals surface area (Å²) in [4.78, 5) is 17.6. The van der Waals surface area contributed by atoms with E-state index in [4.69, 9.17) is 0 Å². The lowest BCUT2D eigenvalue weighted by Gasteiger charge is -2.42. The fourth-order valence-corrected chi connectivity index (χ4v) is 4.36. The second-order valence-electron chi connectivity index (χ2n) is 7.53. The van der Waals surface area contributed by atoms with Crippen molar-refractivity contribution < 1.29 is 4.79 Å². The van der Waals surface area contributed by atoms with E-state index in [1.807, 2.05) is 0 Å². The van der Waals surface area contributed by atoms with E-state index in [9.17, 15) is 4.79 Å². The molecule has 21 heavy (non-hydrogen) atoms. The first kappa shape index (κ1) is 15.3. The summed E-state index contributed by atoms with van der Waals surface area (Å²) >= 11 is 0. The monoisotopic (exact) mass is 292 g/mol. The second kappa shape index (κ2) is 7.13. The molecule has 0 bridgehead atoms. The molecule has 3 saturated carbocycles. The van der Waals surface area contributed by atoms with Crippen molar-refractivity contribution in [3.8, 4) is 0 Å². The van der Waals surface area contributed by atoms with Crippen LogP contribution < -0.4 is 0 Å². The Hall–Kier alpha value is -0.570. The van der Waals surface area contributed by atoms with E-state index in [0.717, 1.165) is 0 Å². The lowest BCUT2D eigenvalue weighted by atomic mass is 9.88. The van der Waals surface area contributed by atoms with Gasteiger partial charge in [-0.1, -0.05) is 38.5 Å². The third-order valence-corrected chi connectivity index (χ3v) is 5.78. The number of carbonyl (C=O) groups is 1. The summed E-state index contributed by atoms with van der Waals surface area (Å²) < 4.78 is 0. The maximum atomic E-state index is 13.0. The van der Waals surface area contributed by atoms with Gasteiger partial charge in [-0.25, -0.2) is 0 Å². The fourth-order valence-electron chi connectivity index (χ4n) is 4.36. The Balaban J connectivity index is 1.65. The van der Waals surface area contributed by atoms with Gasteiger partial charge in [0.1, 0.15) is 0 Å². The van der Waals surface area contributed by atoms with Crippen molar-refractivity contribution in [2.24, 2.45) is 0 Å². The quantitative estimate of drug-likeness (QED) is 0.773. The Morgan fingerprint density at radius 2 is 1.24 bits per heavy atom. The summed E-state index contributed by atoms with van der Waals surface area (Å²) in [6.07, 6.45) is 15.6. The van der Waals surface area contributed by atoms with E-state index in [1.165, 1.54) is 77.0 Å². The summed E-state index contributed by atoms with van der Waals surface area (Å²) in [6, 6.07) is 1.78. The lowest BCUT2D eigenvalue weighted by Crippen LogP contribution is -2.51. The van der Waals surface area contributed by atoms with Gasteiger partial charge in [0.2, 0.25) is 5.91 Å². The predicted molar refractivity (Wildman–Crippen MR) is 86.2 cm³/mol. The van der Waals surface area contributed by atoms with Gasteiger partial charge in [0.25, 0.3) is 0 Å². The van der Waals surface area contributed by atoms with Gasteiger partial charge < -0.3 is 4.90 Å². The van der Waals surface area contributed by atoms with E-state index in [-0.39, 0.29) is 0 Å². The first-order valence-electron chi connectivity index (χ1n) is 9.27. The topological polar surface area (TPSA) is 23.6 Å². The average Bonchev–Trinajstić information content (AvgIpc) is 3.34. The summed E-state index contributed by atoms with van der Waals surface area (Å²) in [5.41, 5.74) is 0. The van der Waals surface area contributed by atoms with Crippen molar-refractivity contribution in [2.75, 3.05) is 13.6 Å². The molecule has 3 aliphatic carbocycles. The molecule has 0 heterocycles. The summed E-state index contributed by atoms with van der Waals surface area (Å²) in [7, 11) is 2.13. The van der Waals surface area contributed by atoms with E-state index < -0.39 is 0 Å². The largest absolute Gasteiger partial charge is 0.336 e. The van der Waals surface area contributed by atoms with Crippen LogP contribution in [0.2, 0.25) is 0 Å². The molecule has 3 rings (SSSR count). The van der Waals surface area contributed by atoms with Crippen LogP contribution in [-0.2, 0) is 4.79 Å². The molecule has 0 atom stereocenters. The molecule has 3 heteroatoms. The molecule has 0 unspecified atom stereocenters. The first-order valence-corrected chi connectivity index (χ1v) is 9.27. The highest BCUT2D eigenvalue weighted by atomic mass is 16.2. The van der Waals surface area contributed by atoms with Crippen LogP contribution in [0.3, 0.4) is 0 Å². The Labute approximate surface area is 130 Å². The number of likely N-dealkylation sites (N-methyl/N-ethyl adjacent to an activating group) is 1. The molecule has 0 aromatic carbocycles. The van der Waals surface area contributed by atoms with Crippen LogP contribution in [0.5, 0.6) is 0 Å². The van der Waals surface area contributed by atoms with Crippen molar-refractivity contribution in [1.29, 1.82) is 0 Å². The molecule has 0 aromatic heterocycles. The van der Waals surface area contributed by atoms with Gasteiger partial charge in [0.15, 0.2) is 0 Å². The van der Waals surface area contributed by atoms with Gasteiger partial charge in [-0.2, -0.15) is 0 Å². The van der Waals surface area contributed by atoms with Gasteiger partial charge in [-0.15, -0.1) is 0 Å². The summed E-state index contributed by atoms with van der Waals surface area (Å²) in [5.74, 6) is 0.420. The highest BCUT2D eigenvalue weighted by Crippen LogP contribution is 2.31. The van der Waals surface area contributed by atoms with Crippen molar-refractivity contribution in [2.45, 2.75) is 95.2 Å². The van der Waals surface area contributed by atoms with E-state index in [0.29, 0.717) is 30.6 Å². The van der Waals surface area contributed by atoms with Crippen LogP contribution in [0.1, 0.15) is 77.0 Å². The first-order chi connectivity index (χ1) is 10.3. The SMILES string of the molecule is CN(CC(=O)N(C1CCCCC1)C1CCCCC1)C1CC1. The predicted octanol–water partition coefficient (Wildman–Crippen LogP) is 3.57. The fraction of sp³-hybridized carbons (Fsp3) is 0.944. The van der Waals surface area contributed by atoms with Crippen molar-refractivity contribution in [3.63, 3.8) is 0 Å². The standard InChI is InChI=1S/C18H32N2O/c1-19(15-12-13-15)14-18(21)20(16-8-4-2-5-9-16)17-10-6-3-7-11-17/h15-17H,2-14H2,1H3. The maximum absolute atomic E-state index is 13.0. The molecule has 0 aliphatic heterocycles. The number of amides is 1. The average molecular weight is 292 g/mol. The van der Waals surface area contributed by atoms with Crippen LogP contribution >= 0.6 is 0 Å². The lowest BCUT2D eigenvalue weighted by molar-refractivity contribution is -0.139. The number of hydrogen-bond acceptors (Lipinski definition) is 2. The molecule has 0 radical (unpaired) electrons. The maximum Gasteiger partial charge on any atom is 0.237 e. The minimum atomic E-state index is 0.420. The zero-order chi connectivity index (χ0) is 14.7. The van der Waals surface area contributed by atoms with Crippen molar-refractivity contribution in [1.82, 2.24) is 9.80 Å². The van der Waals surface area contributed by atoms with Crippen LogP contribution in [0, 0.1) is 0 Å². The molecule has 1 amide bonds. The van der Waals surface area contributed by atoms with Crippen LogP contribution in [-0.4, -0.2) is 47.4 Å². The molecular formula is C18H32N2O. The molecule has 120 valence electrons. The third-order valence-electron chi connectivity index (χ3n) is 5.78. The Morgan fingerprint density at radius 1 is 0.762 bits per heavy atom. The van der Waals surface area contributed by atoms with Crippen LogP contribution in [0.4, 0.5) is 0 Å². The van der Waals surface area contributed by atoms with Gasteiger partial charge in [-0.3, -0.25) is 9.69 Å². The van der Waals surface area contributed by atoms with Gasteiger partial charge in [0.05, 0.1) is 6.54 Å². The van der Waals surface area contributed by atoms with Gasteiger partial charge >= 0.3 is 0 Å². The van der Waals surface area contributed by atoms with Crippen molar-refractivity contribution >= 4 is 5.91 Å². The van der Waals surface area contributed by atoms with Crippen LogP contribution in [0.15, 0.2) is 0 Å². The molecule has 3 nitrogen and oxygen atoms in total. The van der Waals surface area contributed by atoms with Gasteiger partial charge in [-0.05, 0) is 45.6 Å². The summed E-state index contributed by atoms with van der Waals surface area (Å²) in [5, 5.41) is 0. The highest BCUT2D eigenvalue weighted by molar-refractivity contribution is 5.79. The van der Waals surface area contributed by atoms with Gasteiger partial charge in [0, 0.05) is 18.1 Å². The molecule has 3 fully saturated rings. The zero-order valence-corrected chi connectivity index (χ0v) is 13.7. The molecule has 3 aliphatic rings. The molecule has 0 aromatic rings. The Morgan fingerprint density at radius 3 is 1.67 bits per heavy atom. The minimum Gasteiger partial charge on any atom is -0.336 e. The summed E-state index contributed by atoms with van der Waals surface area (Å²) in [6.45, 7) is 0.650. The number of carbonyl (C=O) groups excluding carboxylic acids is 1. The third kappa shape index (κ3) is 4.00. The Kier molecular flexibility index (Phi) is 5.20. The van der Waals surface area contributed by atoms with Crippen LogP contribution in [0.25, 0.3) is 0 Å².